The molecule has 2 amide bonds. The first-order valence-corrected chi connectivity index (χ1v) is 10.9. The Morgan fingerprint density at radius 3 is 2.48 bits per heavy atom. The molecular weight excluding hydrogens is 370 g/mol. The van der Waals surface area contributed by atoms with Crippen LogP contribution in [0.1, 0.15) is 66.8 Å². The molecule has 1 aromatic rings. The van der Waals surface area contributed by atoms with Gasteiger partial charge in [-0.25, -0.2) is 4.79 Å². The summed E-state index contributed by atoms with van der Waals surface area (Å²) in [6, 6.07) is 5.74. The number of benzene rings is 1. The average molecular weight is 402 g/mol. The van der Waals surface area contributed by atoms with E-state index in [0.29, 0.717) is 24.4 Å². The van der Waals surface area contributed by atoms with Crippen LogP contribution in [0.25, 0.3) is 0 Å². The molecule has 2 saturated heterocycles. The molecule has 3 aliphatic rings. The summed E-state index contributed by atoms with van der Waals surface area (Å²) < 4.78 is 6.22. The van der Waals surface area contributed by atoms with Gasteiger partial charge < -0.3 is 20.1 Å². The quantitative estimate of drug-likeness (QED) is 0.809. The van der Waals surface area contributed by atoms with Crippen LogP contribution in [0, 0.1) is 0 Å². The van der Waals surface area contributed by atoms with Crippen molar-refractivity contribution in [3.63, 3.8) is 0 Å². The number of hydrogen-bond acceptors (Lipinski definition) is 4. The van der Waals surface area contributed by atoms with E-state index in [1.807, 2.05) is 23.1 Å². The molecule has 1 aromatic carbocycles. The molecule has 1 unspecified atom stereocenters. The van der Waals surface area contributed by atoms with Gasteiger partial charge in [-0.2, -0.15) is 0 Å². The second-order valence-corrected chi connectivity index (χ2v) is 8.32. The normalized spacial score (nSPS) is 23.2. The van der Waals surface area contributed by atoms with Gasteiger partial charge in [0.25, 0.3) is 5.91 Å². The van der Waals surface area contributed by atoms with Crippen LogP contribution in [0.2, 0.25) is 0 Å². The molecular formula is C22H31N3O4. The Balaban J connectivity index is 1.59. The van der Waals surface area contributed by atoms with Gasteiger partial charge in [0.05, 0.1) is 0 Å². The highest BCUT2D eigenvalue weighted by Gasteiger charge is 2.32. The fourth-order valence-corrected chi connectivity index (χ4v) is 4.80. The lowest BCUT2D eigenvalue weighted by atomic mass is 9.83. The topological polar surface area (TPSA) is 82.1 Å². The number of carbonyl (C=O) groups excluding carboxylic acids is 1. The standard InChI is InChI=1S/C22H31N3O4/c26-21(24-13-10-23-11-14-24)17-8-9-19(18(15-17)16-5-2-1-3-6-16)29-20-7-4-12-25(20)22(27)28/h8-9,15-16,20,23H,1-7,10-14H2,(H,27,28). The first kappa shape index (κ1) is 20.0. The molecule has 2 N–H and O–H groups in total. The minimum Gasteiger partial charge on any atom is -0.470 e. The van der Waals surface area contributed by atoms with E-state index in [0.717, 1.165) is 56.8 Å². The summed E-state index contributed by atoms with van der Waals surface area (Å²) in [7, 11) is 0. The number of carboxylic acid groups (broad SMARTS) is 1. The Bertz CT molecular complexity index is 742. The third-order valence-corrected chi connectivity index (χ3v) is 6.41. The van der Waals surface area contributed by atoms with E-state index in [1.54, 1.807) is 0 Å². The fourth-order valence-electron chi connectivity index (χ4n) is 4.80. The molecule has 0 spiro atoms. The van der Waals surface area contributed by atoms with Gasteiger partial charge in [-0.15, -0.1) is 0 Å². The highest BCUT2D eigenvalue weighted by Crippen LogP contribution is 2.39. The maximum absolute atomic E-state index is 13.0. The lowest BCUT2D eigenvalue weighted by molar-refractivity contribution is 0.0570. The SMILES string of the molecule is O=C(c1ccc(OC2CCCN2C(=O)O)c(C2CCCCC2)c1)N1CCNCC1. The zero-order valence-electron chi connectivity index (χ0n) is 16.9. The Morgan fingerprint density at radius 2 is 1.76 bits per heavy atom. The van der Waals surface area contributed by atoms with E-state index >= 15 is 0 Å². The van der Waals surface area contributed by atoms with Gasteiger partial charge in [-0.05, 0) is 48.9 Å². The second-order valence-electron chi connectivity index (χ2n) is 8.32. The van der Waals surface area contributed by atoms with Crippen LogP contribution in [-0.4, -0.2) is 65.9 Å². The zero-order chi connectivity index (χ0) is 20.2. The minimum absolute atomic E-state index is 0.0724. The molecule has 1 aliphatic carbocycles. The van der Waals surface area contributed by atoms with Crippen molar-refractivity contribution in [3.05, 3.63) is 29.3 Å². The van der Waals surface area contributed by atoms with Crippen LogP contribution in [0.5, 0.6) is 5.75 Å². The Morgan fingerprint density at radius 1 is 1.00 bits per heavy atom. The zero-order valence-corrected chi connectivity index (χ0v) is 16.9. The van der Waals surface area contributed by atoms with E-state index in [-0.39, 0.29) is 5.91 Å². The predicted octanol–water partition coefficient (Wildman–Crippen LogP) is 3.26. The molecule has 158 valence electrons. The first-order valence-electron chi connectivity index (χ1n) is 10.9. The largest absolute Gasteiger partial charge is 0.470 e. The molecule has 1 saturated carbocycles. The predicted molar refractivity (Wildman–Crippen MR) is 109 cm³/mol. The van der Waals surface area contributed by atoms with Crippen molar-refractivity contribution in [1.82, 2.24) is 15.1 Å². The van der Waals surface area contributed by atoms with E-state index in [2.05, 4.69) is 5.32 Å². The number of rotatable bonds is 4. The van der Waals surface area contributed by atoms with Crippen LogP contribution in [0.15, 0.2) is 18.2 Å². The molecule has 1 atom stereocenters. The van der Waals surface area contributed by atoms with Crippen molar-refractivity contribution >= 4 is 12.0 Å². The Labute approximate surface area is 172 Å². The number of nitrogens with zero attached hydrogens (tertiary/aromatic N) is 2. The summed E-state index contributed by atoms with van der Waals surface area (Å²) in [5, 5.41) is 12.7. The summed E-state index contributed by atoms with van der Waals surface area (Å²) in [4.78, 5) is 27.8. The highest BCUT2D eigenvalue weighted by atomic mass is 16.5. The van der Waals surface area contributed by atoms with E-state index < -0.39 is 12.3 Å². The van der Waals surface area contributed by atoms with Crippen LogP contribution >= 0.6 is 0 Å². The summed E-state index contributed by atoms with van der Waals surface area (Å²) in [6.45, 7) is 3.62. The molecule has 2 aliphatic heterocycles. The van der Waals surface area contributed by atoms with Gasteiger partial charge in [0.1, 0.15) is 5.75 Å². The van der Waals surface area contributed by atoms with Gasteiger partial charge in [-0.3, -0.25) is 9.69 Å². The lowest BCUT2D eigenvalue weighted by Crippen LogP contribution is -2.46. The maximum Gasteiger partial charge on any atom is 0.410 e. The molecule has 0 radical (unpaired) electrons. The summed E-state index contributed by atoms with van der Waals surface area (Å²) in [5.41, 5.74) is 1.78. The third kappa shape index (κ3) is 4.50. The number of likely N-dealkylation sites (tertiary alicyclic amines) is 1. The molecule has 3 fully saturated rings. The summed E-state index contributed by atoms with van der Waals surface area (Å²) in [6.07, 6.45) is 5.95. The number of ether oxygens (including phenoxy) is 1. The highest BCUT2D eigenvalue weighted by molar-refractivity contribution is 5.94. The van der Waals surface area contributed by atoms with Crippen LogP contribution < -0.4 is 10.1 Å². The van der Waals surface area contributed by atoms with Crippen LogP contribution in [0.4, 0.5) is 4.79 Å². The Hall–Kier alpha value is -2.28. The lowest BCUT2D eigenvalue weighted by Gasteiger charge is -2.30. The maximum atomic E-state index is 13.0. The van der Waals surface area contributed by atoms with E-state index in [1.165, 1.54) is 24.2 Å². The molecule has 7 heteroatoms. The van der Waals surface area contributed by atoms with Gasteiger partial charge in [-0.1, -0.05) is 19.3 Å². The monoisotopic (exact) mass is 401 g/mol. The van der Waals surface area contributed by atoms with Gasteiger partial charge in [0.2, 0.25) is 0 Å². The minimum atomic E-state index is -0.933. The molecule has 2 heterocycles. The smallest absolute Gasteiger partial charge is 0.410 e. The van der Waals surface area contributed by atoms with Crippen LogP contribution in [-0.2, 0) is 0 Å². The molecule has 0 aromatic heterocycles. The van der Waals surface area contributed by atoms with Gasteiger partial charge in [0.15, 0.2) is 6.23 Å². The van der Waals surface area contributed by atoms with Crippen molar-refractivity contribution in [2.45, 2.75) is 57.1 Å². The third-order valence-electron chi connectivity index (χ3n) is 6.41. The Kier molecular flexibility index (Phi) is 6.23. The summed E-state index contributed by atoms with van der Waals surface area (Å²) in [5.74, 6) is 1.18. The second kappa shape index (κ2) is 9.03. The molecule has 4 rings (SSSR count). The molecule has 0 bridgehead atoms. The van der Waals surface area contributed by atoms with Crippen molar-refractivity contribution in [1.29, 1.82) is 0 Å². The molecule has 7 nitrogen and oxygen atoms in total. The molecule has 29 heavy (non-hydrogen) atoms. The van der Waals surface area contributed by atoms with E-state index in [4.69, 9.17) is 4.74 Å². The van der Waals surface area contributed by atoms with Crippen molar-refractivity contribution in [2.24, 2.45) is 0 Å². The van der Waals surface area contributed by atoms with Crippen molar-refractivity contribution in [3.8, 4) is 5.75 Å². The number of carbonyl (C=O) groups is 2. The average Bonchev–Trinajstić information content (AvgIpc) is 3.23. The number of nitrogens with one attached hydrogen (secondary N) is 1. The van der Waals surface area contributed by atoms with Gasteiger partial charge in [0, 0.05) is 44.7 Å². The number of amides is 2. The number of hydrogen-bond donors (Lipinski definition) is 2. The van der Waals surface area contributed by atoms with Crippen molar-refractivity contribution < 1.29 is 19.4 Å². The fraction of sp³-hybridized carbons (Fsp3) is 0.636. The van der Waals surface area contributed by atoms with Gasteiger partial charge >= 0.3 is 6.09 Å². The van der Waals surface area contributed by atoms with Crippen molar-refractivity contribution in [2.75, 3.05) is 32.7 Å². The van der Waals surface area contributed by atoms with E-state index in [9.17, 15) is 14.7 Å². The summed E-state index contributed by atoms with van der Waals surface area (Å²) >= 11 is 0. The van der Waals surface area contributed by atoms with Crippen LogP contribution in [0.3, 0.4) is 0 Å². The first-order chi connectivity index (χ1) is 14.1. The number of piperazine rings is 1.